The molecule has 1 aliphatic rings. The summed E-state index contributed by atoms with van der Waals surface area (Å²) in [7, 11) is -3.81. The second-order valence-electron chi connectivity index (χ2n) is 7.74. The highest BCUT2D eigenvalue weighted by atomic mass is 32.2. The van der Waals surface area contributed by atoms with Crippen molar-refractivity contribution in [1.82, 2.24) is 14.5 Å². The first-order valence-corrected chi connectivity index (χ1v) is 11.6. The van der Waals surface area contributed by atoms with E-state index in [9.17, 15) is 18.5 Å². The molecule has 1 aliphatic heterocycles. The van der Waals surface area contributed by atoms with Crippen molar-refractivity contribution in [1.29, 1.82) is 0 Å². The number of benzene rings is 2. The highest BCUT2D eigenvalue weighted by molar-refractivity contribution is 7.89. The Morgan fingerprint density at radius 3 is 2.31 bits per heavy atom. The Morgan fingerprint density at radius 1 is 0.938 bits per heavy atom. The summed E-state index contributed by atoms with van der Waals surface area (Å²) in [5.74, 6) is 0.686. The van der Waals surface area contributed by atoms with Gasteiger partial charge in [0.05, 0.1) is 15.5 Å². The van der Waals surface area contributed by atoms with Gasteiger partial charge in [-0.2, -0.15) is 4.31 Å². The molecule has 1 saturated heterocycles. The Labute approximate surface area is 186 Å². The second-order valence-corrected chi connectivity index (χ2v) is 9.68. The molecule has 2 heterocycles. The predicted molar refractivity (Wildman–Crippen MR) is 121 cm³/mol. The molecule has 0 radical (unpaired) electrons. The fourth-order valence-electron chi connectivity index (χ4n) is 3.80. The van der Waals surface area contributed by atoms with Crippen molar-refractivity contribution >= 4 is 21.5 Å². The fourth-order valence-corrected chi connectivity index (χ4v) is 5.27. The monoisotopic (exact) mass is 453 g/mol. The minimum absolute atomic E-state index is 0.0715. The van der Waals surface area contributed by atoms with E-state index in [1.807, 2.05) is 43.0 Å². The number of hydrogen-bond acceptors (Lipinski definition) is 7. The highest BCUT2D eigenvalue weighted by Gasteiger charge is 2.30. The summed E-state index contributed by atoms with van der Waals surface area (Å²) in [5.41, 5.74) is 3.89. The van der Waals surface area contributed by atoms with E-state index in [0.29, 0.717) is 18.9 Å². The summed E-state index contributed by atoms with van der Waals surface area (Å²) in [5, 5.41) is 19.7. The summed E-state index contributed by atoms with van der Waals surface area (Å²) in [6.07, 6.45) is 0. The number of hydrogen-bond donors (Lipinski definition) is 0. The van der Waals surface area contributed by atoms with Gasteiger partial charge in [-0.05, 0) is 37.6 Å². The van der Waals surface area contributed by atoms with Crippen LogP contribution in [0.25, 0.3) is 11.3 Å². The van der Waals surface area contributed by atoms with Crippen LogP contribution < -0.4 is 4.90 Å². The van der Waals surface area contributed by atoms with Gasteiger partial charge in [0, 0.05) is 43.9 Å². The van der Waals surface area contributed by atoms with Gasteiger partial charge in [-0.1, -0.05) is 29.8 Å². The Kier molecular flexibility index (Phi) is 5.90. The van der Waals surface area contributed by atoms with Crippen LogP contribution in [0.3, 0.4) is 0 Å². The van der Waals surface area contributed by atoms with Crippen molar-refractivity contribution in [2.75, 3.05) is 31.1 Å². The molecule has 166 valence electrons. The van der Waals surface area contributed by atoms with Gasteiger partial charge in [-0.25, -0.2) is 8.42 Å². The Hall–Kier alpha value is -3.37. The number of anilines is 1. The topological polar surface area (TPSA) is 110 Å². The van der Waals surface area contributed by atoms with E-state index in [1.54, 1.807) is 0 Å². The molecule has 0 bridgehead atoms. The molecule has 3 aromatic rings. The van der Waals surface area contributed by atoms with Gasteiger partial charge in [-0.3, -0.25) is 10.1 Å². The molecule has 0 N–H and O–H groups in total. The van der Waals surface area contributed by atoms with E-state index in [-0.39, 0.29) is 23.7 Å². The first kappa shape index (κ1) is 21.8. The molecule has 1 fully saturated rings. The first-order valence-electron chi connectivity index (χ1n) is 10.2. The summed E-state index contributed by atoms with van der Waals surface area (Å²) in [6.45, 7) is 5.50. The van der Waals surface area contributed by atoms with Crippen LogP contribution >= 0.6 is 0 Å². The standard InChI is InChI=1S/C22H23N5O4S/c1-16-6-7-20(17(2)14-16)21-8-9-22(24-23-21)25-10-12-26(13-11-25)32(30,31)19-5-3-4-18(15-19)27(28)29/h3-9,14-15H,10-13H2,1-2H3. The maximum absolute atomic E-state index is 12.9. The van der Waals surface area contributed by atoms with E-state index >= 15 is 0 Å². The third-order valence-corrected chi connectivity index (χ3v) is 7.43. The van der Waals surface area contributed by atoms with Crippen molar-refractivity contribution in [2.24, 2.45) is 0 Å². The molecule has 9 nitrogen and oxygen atoms in total. The van der Waals surface area contributed by atoms with E-state index in [1.165, 1.54) is 28.1 Å². The van der Waals surface area contributed by atoms with E-state index in [2.05, 4.69) is 16.3 Å². The molecule has 0 unspecified atom stereocenters. The first-order chi connectivity index (χ1) is 15.3. The summed E-state index contributed by atoms with van der Waals surface area (Å²) < 4.78 is 27.2. The van der Waals surface area contributed by atoms with E-state index in [4.69, 9.17) is 0 Å². The molecule has 0 aliphatic carbocycles. The van der Waals surface area contributed by atoms with Gasteiger partial charge in [0.25, 0.3) is 5.69 Å². The Morgan fingerprint density at radius 2 is 1.69 bits per heavy atom. The highest BCUT2D eigenvalue weighted by Crippen LogP contribution is 2.25. The summed E-state index contributed by atoms with van der Waals surface area (Å²) in [6, 6.07) is 15.1. The van der Waals surface area contributed by atoms with Crippen LogP contribution in [0.4, 0.5) is 11.5 Å². The molecule has 1 aromatic heterocycles. The third-order valence-electron chi connectivity index (χ3n) is 5.54. The number of sulfonamides is 1. The zero-order valence-corrected chi connectivity index (χ0v) is 18.6. The molecule has 0 saturated carbocycles. The average Bonchev–Trinajstić information content (AvgIpc) is 2.79. The lowest BCUT2D eigenvalue weighted by molar-refractivity contribution is -0.385. The van der Waals surface area contributed by atoms with Crippen LogP contribution in [0, 0.1) is 24.0 Å². The van der Waals surface area contributed by atoms with Gasteiger partial charge >= 0.3 is 0 Å². The maximum Gasteiger partial charge on any atom is 0.270 e. The number of nitro groups is 1. The summed E-state index contributed by atoms with van der Waals surface area (Å²) in [4.78, 5) is 12.3. The zero-order chi connectivity index (χ0) is 22.9. The number of non-ortho nitro benzene ring substituents is 1. The van der Waals surface area contributed by atoms with Crippen LogP contribution in [0.2, 0.25) is 0 Å². The molecule has 4 rings (SSSR count). The number of rotatable bonds is 5. The lowest BCUT2D eigenvalue weighted by Gasteiger charge is -2.34. The largest absolute Gasteiger partial charge is 0.352 e. The maximum atomic E-state index is 12.9. The van der Waals surface area contributed by atoms with Crippen LogP contribution in [-0.2, 0) is 10.0 Å². The van der Waals surface area contributed by atoms with Crippen LogP contribution in [0.15, 0.2) is 59.5 Å². The molecular weight excluding hydrogens is 430 g/mol. The molecule has 32 heavy (non-hydrogen) atoms. The number of aromatic nitrogens is 2. The average molecular weight is 454 g/mol. The number of nitrogens with zero attached hydrogens (tertiary/aromatic N) is 5. The third kappa shape index (κ3) is 4.32. The minimum atomic E-state index is -3.81. The van der Waals surface area contributed by atoms with E-state index < -0.39 is 14.9 Å². The molecule has 10 heteroatoms. The quantitative estimate of drug-likeness (QED) is 0.431. The minimum Gasteiger partial charge on any atom is -0.352 e. The summed E-state index contributed by atoms with van der Waals surface area (Å²) >= 11 is 0. The van der Waals surface area contributed by atoms with E-state index in [0.717, 1.165) is 22.9 Å². The molecule has 2 aromatic carbocycles. The Balaban J connectivity index is 1.45. The van der Waals surface area contributed by atoms with Gasteiger partial charge in [0.1, 0.15) is 0 Å². The SMILES string of the molecule is Cc1ccc(-c2ccc(N3CCN(S(=O)(=O)c4cccc([N+](=O)[O-])c4)CC3)nn2)c(C)c1. The lowest BCUT2D eigenvalue weighted by atomic mass is 10.0. The van der Waals surface area contributed by atoms with Crippen molar-refractivity contribution in [3.63, 3.8) is 0 Å². The van der Waals surface area contributed by atoms with Crippen LogP contribution in [-0.4, -0.2) is 54.0 Å². The second kappa shape index (κ2) is 8.64. The van der Waals surface area contributed by atoms with Gasteiger partial charge < -0.3 is 4.90 Å². The van der Waals surface area contributed by atoms with Crippen molar-refractivity contribution in [3.05, 3.63) is 75.8 Å². The fraction of sp³-hybridized carbons (Fsp3) is 0.273. The number of piperazine rings is 1. The molecular formula is C22H23N5O4S. The molecule has 0 spiro atoms. The molecule has 0 amide bonds. The lowest BCUT2D eigenvalue weighted by Crippen LogP contribution is -2.49. The van der Waals surface area contributed by atoms with Crippen LogP contribution in [0.5, 0.6) is 0 Å². The van der Waals surface area contributed by atoms with Gasteiger partial charge in [0.2, 0.25) is 10.0 Å². The molecule has 0 atom stereocenters. The van der Waals surface area contributed by atoms with Crippen molar-refractivity contribution in [2.45, 2.75) is 18.7 Å². The van der Waals surface area contributed by atoms with Gasteiger partial charge in [0.15, 0.2) is 5.82 Å². The van der Waals surface area contributed by atoms with Crippen LogP contribution in [0.1, 0.15) is 11.1 Å². The number of aryl methyl sites for hydroxylation is 2. The van der Waals surface area contributed by atoms with Gasteiger partial charge in [-0.15, -0.1) is 10.2 Å². The predicted octanol–water partition coefficient (Wildman–Crippen LogP) is 3.18. The smallest absolute Gasteiger partial charge is 0.270 e. The number of nitro benzene ring substituents is 1. The zero-order valence-electron chi connectivity index (χ0n) is 17.8. The normalized spacial score (nSPS) is 15.0. The van der Waals surface area contributed by atoms with Crippen molar-refractivity contribution < 1.29 is 13.3 Å². The van der Waals surface area contributed by atoms with Crippen molar-refractivity contribution in [3.8, 4) is 11.3 Å². The Bertz CT molecular complexity index is 1250.